The Bertz CT molecular complexity index is 3490. The molecule has 0 unspecified atom stereocenters. The van der Waals surface area contributed by atoms with Crippen LogP contribution in [-0.4, -0.2) is 32.6 Å². The predicted molar refractivity (Wildman–Crippen MR) is 257 cm³/mol. The van der Waals surface area contributed by atoms with E-state index in [1.807, 2.05) is 12.1 Å². The third-order valence-electron chi connectivity index (χ3n) is 13.1. The highest BCUT2D eigenvalue weighted by Crippen LogP contribution is 2.56. The van der Waals surface area contributed by atoms with Crippen LogP contribution in [0.1, 0.15) is 49.2 Å². The van der Waals surface area contributed by atoms with Crippen LogP contribution in [0.4, 0.5) is 22.7 Å². The van der Waals surface area contributed by atoms with E-state index in [0.717, 1.165) is 90.8 Å². The fourth-order valence-corrected chi connectivity index (χ4v) is 11.0. The lowest BCUT2D eigenvalue weighted by Crippen LogP contribution is -2.25. The van der Waals surface area contributed by atoms with Crippen molar-refractivity contribution in [2.45, 2.75) is 43.4 Å². The first-order chi connectivity index (χ1) is 30.2. The highest BCUT2D eigenvalue weighted by Gasteiger charge is 2.47. The summed E-state index contributed by atoms with van der Waals surface area (Å²) in [7, 11) is 1.78. The van der Waals surface area contributed by atoms with Crippen molar-refractivity contribution in [3.05, 3.63) is 168 Å². The largest absolute Gasteiger partial charge is 0.478 e. The van der Waals surface area contributed by atoms with Crippen LogP contribution in [0.25, 0.3) is 65.7 Å². The van der Waals surface area contributed by atoms with Gasteiger partial charge in [0.2, 0.25) is 0 Å². The fraction of sp³-hybridized carbons (Fsp3) is 0.148. The zero-order valence-corrected chi connectivity index (χ0v) is 36.7. The summed E-state index contributed by atoms with van der Waals surface area (Å²) in [6.07, 6.45) is 0. The zero-order chi connectivity index (χ0) is 43.6. The van der Waals surface area contributed by atoms with Crippen LogP contribution in [0.15, 0.2) is 161 Å². The standard InChI is InChI=1S/C54H41ClN2O5S/c1-53(2)30-56(37-23-17-33(18-24-37)32-13-15-36(16-14-32)52(58)59)48-42-11-7-5-9-40(42)44-29-45-41-10-6-8-12-43(41)49-47(51(45)62-50(44)46(48)53)54(3,4)31-57(49)38-25-19-34(20-26-38)35-21-27-39(28-22-35)63(55,60)61/h5-29H,30-31H2,1-4H3/p+1. The highest BCUT2D eigenvalue weighted by molar-refractivity contribution is 8.13. The van der Waals surface area contributed by atoms with Crippen molar-refractivity contribution in [2.75, 3.05) is 22.9 Å². The number of anilines is 4. The van der Waals surface area contributed by atoms with Gasteiger partial charge in [0, 0.05) is 67.5 Å². The van der Waals surface area contributed by atoms with Gasteiger partial charge in [-0.15, -0.1) is 0 Å². The average Bonchev–Trinajstić information content (AvgIpc) is 3.75. The van der Waals surface area contributed by atoms with Gasteiger partial charge in [0.05, 0.1) is 43.7 Å². The molecule has 0 amide bonds. The zero-order valence-electron chi connectivity index (χ0n) is 35.1. The summed E-state index contributed by atoms with van der Waals surface area (Å²) < 4.78 is 31.3. The van der Waals surface area contributed by atoms with Gasteiger partial charge < -0.3 is 14.9 Å². The molecule has 1 N–H and O–H groups in total. The van der Waals surface area contributed by atoms with E-state index < -0.39 is 15.0 Å². The highest BCUT2D eigenvalue weighted by atomic mass is 35.7. The van der Waals surface area contributed by atoms with Crippen molar-refractivity contribution in [1.29, 1.82) is 0 Å². The Balaban J connectivity index is 1.08. The minimum Gasteiger partial charge on any atom is -0.478 e. The molecule has 0 radical (unpaired) electrons. The summed E-state index contributed by atoms with van der Waals surface area (Å²) >= 11 is 0. The van der Waals surface area contributed by atoms with Crippen LogP contribution in [0, 0.1) is 0 Å². The molecule has 3 heterocycles. The number of nitrogens with zero attached hydrogens (tertiary/aromatic N) is 2. The Labute approximate surface area is 369 Å². The van der Waals surface area contributed by atoms with Gasteiger partial charge in [-0.3, -0.25) is 0 Å². The van der Waals surface area contributed by atoms with Crippen molar-refractivity contribution >= 4 is 91.9 Å². The van der Waals surface area contributed by atoms with Crippen molar-refractivity contribution < 1.29 is 22.7 Å². The minimum atomic E-state index is -3.81. The van der Waals surface area contributed by atoms with Crippen LogP contribution >= 0.6 is 10.7 Å². The summed E-state index contributed by atoms with van der Waals surface area (Å²) in [6.45, 7) is 10.7. The first-order valence-corrected chi connectivity index (χ1v) is 23.3. The number of benzene rings is 8. The second-order valence-corrected chi connectivity index (χ2v) is 20.7. The maximum atomic E-state index is 11.9. The first-order valence-electron chi connectivity index (χ1n) is 21.0. The summed E-state index contributed by atoms with van der Waals surface area (Å²) in [6, 6.07) is 50.4. The Morgan fingerprint density at radius 2 is 0.905 bits per heavy atom. The molecule has 7 nitrogen and oxygen atoms in total. The van der Waals surface area contributed by atoms with E-state index in [2.05, 4.69) is 141 Å². The molecular weight excluding hydrogens is 824 g/mol. The van der Waals surface area contributed by atoms with E-state index >= 15 is 0 Å². The molecule has 11 rings (SSSR count). The normalized spacial score (nSPS) is 15.4. The van der Waals surface area contributed by atoms with E-state index in [9.17, 15) is 18.3 Å². The Hall–Kier alpha value is -6.74. The quantitative estimate of drug-likeness (QED) is 0.0770. The Morgan fingerprint density at radius 3 is 1.29 bits per heavy atom. The van der Waals surface area contributed by atoms with Gasteiger partial charge in [-0.1, -0.05) is 125 Å². The molecule has 2 aliphatic rings. The number of fused-ring (bicyclic) bond motifs is 12. The number of carbonyl (C=O) groups is 1. The number of hydrogen-bond acceptors (Lipinski definition) is 5. The van der Waals surface area contributed by atoms with E-state index in [4.69, 9.17) is 15.1 Å². The molecule has 8 aromatic carbocycles. The topological polar surface area (TPSA) is 89.2 Å². The van der Waals surface area contributed by atoms with E-state index in [-0.39, 0.29) is 21.3 Å². The molecule has 0 atom stereocenters. The fourth-order valence-electron chi connectivity index (χ4n) is 10.2. The monoisotopic (exact) mass is 865 g/mol. The minimum absolute atomic E-state index is 0.0758. The van der Waals surface area contributed by atoms with Gasteiger partial charge >= 0.3 is 17.1 Å². The van der Waals surface area contributed by atoms with Crippen LogP contribution in [0.2, 0.25) is 0 Å². The Kier molecular flexibility index (Phi) is 8.62. The lowest BCUT2D eigenvalue weighted by molar-refractivity contribution is 0.0697. The maximum absolute atomic E-state index is 11.9. The van der Waals surface area contributed by atoms with E-state index in [1.54, 1.807) is 24.3 Å². The molecule has 1 aromatic heterocycles. The number of halogens is 1. The molecule has 9 heteroatoms. The van der Waals surface area contributed by atoms with Gasteiger partial charge in [0.1, 0.15) is 0 Å². The maximum Gasteiger partial charge on any atom is 0.367 e. The van der Waals surface area contributed by atoms with Crippen LogP contribution in [-0.2, 0) is 19.9 Å². The lowest BCUT2D eigenvalue weighted by atomic mass is 9.82. The molecule has 0 saturated carbocycles. The van der Waals surface area contributed by atoms with Crippen LogP contribution in [0.5, 0.6) is 0 Å². The third kappa shape index (κ3) is 6.18. The summed E-state index contributed by atoms with van der Waals surface area (Å²) in [5.41, 5.74) is 12.2. The second kappa shape index (κ2) is 13.9. The smallest absolute Gasteiger partial charge is 0.367 e. The summed E-state index contributed by atoms with van der Waals surface area (Å²) in [5.74, 6) is -0.936. The van der Waals surface area contributed by atoms with Crippen LogP contribution in [0.3, 0.4) is 0 Å². The Morgan fingerprint density at radius 1 is 0.540 bits per heavy atom. The molecule has 0 fully saturated rings. The van der Waals surface area contributed by atoms with Crippen molar-refractivity contribution in [2.24, 2.45) is 0 Å². The third-order valence-corrected chi connectivity index (χ3v) is 14.5. The average molecular weight is 866 g/mol. The molecular formula is C54H42ClN2O5S+. The van der Waals surface area contributed by atoms with Gasteiger partial charge in [-0.25, -0.2) is 17.6 Å². The number of aromatic carboxylic acids is 1. The molecule has 0 bridgehead atoms. The molecule has 0 spiro atoms. The molecule has 0 aliphatic carbocycles. The van der Waals surface area contributed by atoms with Gasteiger partial charge in [-0.2, -0.15) is 0 Å². The summed E-state index contributed by atoms with van der Waals surface area (Å²) in [5, 5.41) is 16.2. The molecule has 9 aromatic rings. The number of carboxylic acid groups (broad SMARTS) is 1. The van der Waals surface area contributed by atoms with Crippen LogP contribution < -0.4 is 9.80 Å². The number of carboxylic acids is 1. The predicted octanol–water partition coefficient (Wildman–Crippen LogP) is 14.0. The van der Waals surface area contributed by atoms with Crippen molar-refractivity contribution in [3.8, 4) is 22.3 Å². The SMILES string of the molecule is CC1(C)CN(c2ccc(-c3ccc(C(=O)O)cc3)cc2)c2c1c1[o+]c3c4c(c5ccccc5c3cc1c1ccccc21)N(c1ccc(-c2ccc(S(=O)(=O)Cl)cc2)cc1)CC4(C)C. The van der Waals surface area contributed by atoms with Crippen molar-refractivity contribution in [3.63, 3.8) is 0 Å². The summed E-state index contributed by atoms with van der Waals surface area (Å²) in [4.78, 5) is 16.4. The van der Waals surface area contributed by atoms with E-state index in [1.165, 1.54) is 34.0 Å². The molecule has 63 heavy (non-hydrogen) atoms. The number of hydrogen-bond donors (Lipinski definition) is 1. The van der Waals surface area contributed by atoms with Gasteiger partial charge in [0.25, 0.3) is 9.05 Å². The van der Waals surface area contributed by atoms with Crippen molar-refractivity contribution in [1.82, 2.24) is 0 Å². The van der Waals surface area contributed by atoms with E-state index in [0.29, 0.717) is 0 Å². The second-order valence-electron chi connectivity index (χ2n) is 18.1. The van der Waals surface area contributed by atoms with Gasteiger partial charge in [-0.05, 0) is 76.9 Å². The molecule has 310 valence electrons. The molecule has 0 saturated heterocycles. The van der Waals surface area contributed by atoms with Gasteiger partial charge in [0.15, 0.2) is 0 Å². The number of rotatable bonds is 6. The molecule has 2 aliphatic heterocycles. The lowest BCUT2D eigenvalue weighted by Gasteiger charge is -2.23. The first kappa shape index (κ1) is 39.1.